The lowest BCUT2D eigenvalue weighted by atomic mass is 10.2. The van der Waals surface area contributed by atoms with Gasteiger partial charge in [0, 0.05) is 13.1 Å². The summed E-state index contributed by atoms with van der Waals surface area (Å²) in [6.45, 7) is 1.75. The zero-order valence-corrected chi connectivity index (χ0v) is 14.5. The van der Waals surface area contributed by atoms with Crippen LogP contribution in [0.15, 0.2) is 41.0 Å². The summed E-state index contributed by atoms with van der Waals surface area (Å²) < 4.78 is 5.17. The monoisotopic (exact) mass is 364 g/mol. The average molecular weight is 365 g/mol. The van der Waals surface area contributed by atoms with Crippen molar-refractivity contribution in [2.24, 2.45) is 5.73 Å². The highest BCUT2D eigenvalue weighted by Gasteiger charge is 2.19. The van der Waals surface area contributed by atoms with E-state index in [1.54, 1.807) is 35.2 Å². The first-order chi connectivity index (χ1) is 11.7. The van der Waals surface area contributed by atoms with Crippen molar-refractivity contribution in [1.29, 1.82) is 0 Å². The summed E-state index contributed by atoms with van der Waals surface area (Å²) in [4.78, 5) is 26.3. The van der Waals surface area contributed by atoms with Crippen LogP contribution in [0.5, 0.6) is 0 Å². The minimum Gasteiger partial charge on any atom is -0.467 e. The van der Waals surface area contributed by atoms with Crippen LogP contribution in [0.4, 0.5) is 16.2 Å². The van der Waals surface area contributed by atoms with Gasteiger partial charge in [-0.3, -0.25) is 4.79 Å². The van der Waals surface area contributed by atoms with Crippen LogP contribution < -0.4 is 16.4 Å². The van der Waals surface area contributed by atoms with Crippen LogP contribution in [0.1, 0.15) is 29.0 Å². The summed E-state index contributed by atoms with van der Waals surface area (Å²) in [5.41, 5.74) is 6.96. The first-order valence-corrected chi connectivity index (χ1v) is 7.91. The number of nitrogens with two attached hydrogens (primary N) is 1. The molecule has 1 aromatic heterocycles. The van der Waals surface area contributed by atoms with Crippen molar-refractivity contribution in [3.05, 3.63) is 47.9 Å². The molecule has 0 saturated carbocycles. The molecule has 1 saturated heterocycles. The molecule has 0 spiro atoms. The number of amides is 3. The highest BCUT2D eigenvalue weighted by Crippen LogP contribution is 2.23. The van der Waals surface area contributed by atoms with E-state index in [4.69, 9.17) is 10.2 Å². The van der Waals surface area contributed by atoms with Crippen molar-refractivity contribution in [3.63, 3.8) is 0 Å². The molecule has 0 aliphatic carbocycles. The van der Waals surface area contributed by atoms with Gasteiger partial charge in [-0.05, 0) is 31.0 Å². The number of urea groups is 1. The molecule has 1 aliphatic rings. The van der Waals surface area contributed by atoms with Crippen molar-refractivity contribution < 1.29 is 14.0 Å². The molecular formula is C17H21ClN4O3. The maximum atomic E-state index is 12.3. The highest BCUT2D eigenvalue weighted by molar-refractivity contribution is 6.07. The number of carbonyl (C=O) groups is 2. The van der Waals surface area contributed by atoms with Crippen molar-refractivity contribution >= 4 is 35.7 Å². The topological polar surface area (TPSA) is 101 Å². The average Bonchev–Trinajstić information content (AvgIpc) is 3.28. The van der Waals surface area contributed by atoms with E-state index < -0.39 is 0 Å². The lowest BCUT2D eigenvalue weighted by Gasteiger charge is -2.18. The molecule has 0 bridgehead atoms. The van der Waals surface area contributed by atoms with Gasteiger partial charge < -0.3 is 25.7 Å². The Morgan fingerprint density at radius 1 is 1.12 bits per heavy atom. The minimum atomic E-state index is -0.318. The van der Waals surface area contributed by atoms with Gasteiger partial charge in [-0.1, -0.05) is 12.1 Å². The van der Waals surface area contributed by atoms with E-state index in [-0.39, 0.29) is 30.9 Å². The van der Waals surface area contributed by atoms with Crippen LogP contribution in [-0.2, 0) is 6.54 Å². The second-order valence-electron chi connectivity index (χ2n) is 5.63. The number of para-hydroxylation sites is 2. The Morgan fingerprint density at radius 3 is 2.36 bits per heavy atom. The molecule has 134 valence electrons. The number of rotatable bonds is 4. The van der Waals surface area contributed by atoms with E-state index in [0.29, 0.717) is 22.7 Å². The van der Waals surface area contributed by atoms with Crippen LogP contribution in [0, 0.1) is 0 Å². The molecule has 0 radical (unpaired) electrons. The summed E-state index contributed by atoms with van der Waals surface area (Å²) in [6.07, 6.45) is 3.41. The van der Waals surface area contributed by atoms with Gasteiger partial charge >= 0.3 is 6.03 Å². The van der Waals surface area contributed by atoms with Crippen LogP contribution in [-0.4, -0.2) is 29.9 Å². The van der Waals surface area contributed by atoms with Crippen molar-refractivity contribution in [2.45, 2.75) is 19.4 Å². The maximum Gasteiger partial charge on any atom is 0.321 e. The molecule has 1 aliphatic heterocycles. The zero-order valence-electron chi connectivity index (χ0n) is 13.7. The molecule has 0 unspecified atom stereocenters. The molecule has 2 heterocycles. The molecule has 1 aromatic carbocycles. The van der Waals surface area contributed by atoms with Gasteiger partial charge in [-0.2, -0.15) is 0 Å². The highest BCUT2D eigenvalue weighted by atomic mass is 35.5. The molecular weight excluding hydrogens is 344 g/mol. The Morgan fingerprint density at radius 2 is 1.76 bits per heavy atom. The third-order valence-electron chi connectivity index (χ3n) is 3.93. The summed E-state index contributed by atoms with van der Waals surface area (Å²) >= 11 is 0. The van der Waals surface area contributed by atoms with Crippen LogP contribution >= 0.6 is 12.4 Å². The van der Waals surface area contributed by atoms with Gasteiger partial charge in [0.05, 0.1) is 23.5 Å². The van der Waals surface area contributed by atoms with Crippen LogP contribution in [0.25, 0.3) is 0 Å². The first-order valence-electron chi connectivity index (χ1n) is 7.91. The molecule has 0 atom stereocenters. The predicted octanol–water partition coefficient (Wildman–Crippen LogP) is 3.04. The molecule has 4 N–H and O–H groups in total. The maximum absolute atomic E-state index is 12.3. The van der Waals surface area contributed by atoms with E-state index in [9.17, 15) is 9.59 Å². The molecule has 3 amide bonds. The molecule has 3 rings (SSSR count). The van der Waals surface area contributed by atoms with Gasteiger partial charge in [-0.15, -0.1) is 12.4 Å². The number of anilines is 2. The van der Waals surface area contributed by atoms with Gasteiger partial charge in [-0.25, -0.2) is 4.79 Å². The van der Waals surface area contributed by atoms with E-state index in [1.807, 2.05) is 0 Å². The Kier molecular flexibility index (Phi) is 6.44. The van der Waals surface area contributed by atoms with Gasteiger partial charge in [0.2, 0.25) is 0 Å². The Bertz CT molecular complexity index is 741. The number of benzene rings is 1. The number of carbonyl (C=O) groups excluding carboxylic acids is 2. The van der Waals surface area contributed by atoms with Crippen molar-refractivity contribution in [3.8, 4) is 0 Å². The molecule has 25 heavy (non-hydrogen) atoms. The van der Waals surface area contributed by atoms with Gasteiger partial charge in [0.1, 0.15) is 12.0 Å². The lowest BCUT2D eigenvalue weighted by Crippen LogP contribution is -2.32. The Labute approximate surface area is 152 Å². The van der Waals surface area contributed by atoms with Gasteiger partial charge in [0.15, 0.2) is 0 Å². The standard InChI is InChI=1S/C17H20N4O3.ClH/c18-10-13-9-12(11-24-13)16(22)19-14-5-1-2-6-15(14)20-17(23)21-7-3-4-8-21;/h1-2,5-6,9,11H,3-4,7-8,10,18H2,(H,19,22)(H,20,23);1H. The minimum absolute atomic E-state index is 0. The Balaban J connectivity index is 0.00000225. The second kappa shape index (κ2) is 8.55. The van der Waals surface area contributed by atoms with E-state index in [1.165, 1.54) is 6.26 Å². The van der Waals surface area contributed by atoms with Crippen molar-refractivity contribution in [1.82, 2.24) is 4.90 Å². The van der Waals surface area contributed by atoms with Crippen molar-refractivity contribution in [2.75, 3.05) is 23.7 Å². The van der Waals surface area contributed by atoms with E-state index in [0.717, 1.165) is 25.9 Å². The molecule has 7 nitrogen and oxygen atoms in total. The number of nitrogens with one attached hydrogen (secondary N) is 2. The summed E-state index contributed by atoms with van der Waals surface area (Å²) in [5.74, 6) is 0.220. The number of hydrogen-bond acceptors (Lipinski definition) is 4. The molecule has 8 heteroatoms. The van der Waals surface area contributed by atoms with Crippen LogP contribution in [0.2, 0.25) is 0 Å². The normalized spacial score (nSPS) is 13.2. The fourth-order valence-corrected chi connectivity index (χ4v) is 2.62. The predicted molar refractivity (Wildman–Crippen MR) is 98.1 cm³/mol. The van der Waals surface area contributed by atoms with Gasteiger partial charge in [0.25, 0.3) is 5.91 Å². The number of furan rings is 1. The summed E-state index contributed by atoms with van der Waals surface area (Å²) in [6, 6.07) is 8.54. The summed E-state index contributed by atoms with van der Waals surface area (Å²) in [7, 11) is 0. The molecule has 2 aromatic rings. The number of likely N-dealkylation sites (tertiary alicyclic amines) is 1. The smallest absolute Gasteiger partial charge is 0.321 e. The first kappa shape index (κ1) is 18.8. The third kappa shape index (κ3) is 4.52. The zero-order chi connectivity index (χ0) is 16.9. The SMILES string of the molecule is Cl.NCc1cc(C(=O)Nc2ccccc2NC(=O)N2CCCC2)co1. The quantitative estimate of drug-likeness (QED) is 0.776. The lowest BCUT2D eigenvalue weighted by molar-refractivity contribution is 0.102. The third-order valence-corrected chi connectivity index (χ3v) is 3.93. The fraction of sp³-hybridized carbons (Fsp3) is 0.294. The van der Waals surface area contributed by atoms with E-state index in [2.05, 4.69) is 10.6 Å². The number of halogens is 1. The fourth-order valence-electron chi connectivity index (χ4n) is 2.62. The van der Waals surface area contributed by atoms with Crippen LogP contribution in [0.3, 0.4) is 0 Å². The second-order valence-corrected chi connectivity index (χ2v) is 5.63. The number of hydrogen-bond donors (Lipinski definition) is 3. The van der Waals surface area contributed by atoms with E-state index >= 15 is 0 Å². The largest absolute Gasteiger partial charge is 0.467 e. The Hall–Kier alpha value is -2.51. The summed E-state index contributed by atoms with van der Waals surface area (Å²) in [5, 5.41) is 5.64. The number of nitrogens with zero attached hydrogens (tertiary/aromatic N) is 1. The molecule has 1 fully saturated rings.